The number of likely N-dealkylation sites (N-methyl/N-ethyl adjacent to an activating group) is 1. The van der Waals surface area contributed by atoms with Gasteiger partial charge in [-0.05, 0) is 0 Å². The molecule has 51 heavy (non-hydrogen) atoms. The molecule has 10 heteroatoms. The molecule has 4 rings (SSSR count). The molecule has 0 saturated heterocycles. The number of rotatable bonds is 17. The summed E-state index contributed by atoms with van der Waals surface area (Å²) in [5.41, 5.74) is 1.19. The Balaban J connectivity index is 1.53. The molecule has 2 aliphatic carbocycles. The number of alkyl halides is 1. The molecule has 0 radical (unpaired) electrons. The molecule has 4 atom stereocenters. The molecule has 1 aromatic carbocycles. The van der Waals surface area contributed by atoms with E-state index in [0.717, 1.165) is 58.6 Å². The molecule has 1 heterocycles. The molecule has 0 aliphatic heterocycles. The standard InChI is InChI=1S/C41H54IN4O5/c1-5-14-35(41(51)45-36(24-29-15-8-6-9-16-29)39(49)37(47)23-28(2)3)44-40(50)34(42-32-19-10-7-11-20-32)26-38(48)46(4)22-21-33-25-30-17-12-13-18-31(30)27-43-33/h1,10,12-13,17-20,25,27-29,34,37,39,41,47,49,51H,6-9,11,14-16,21-24,26H2,2-4H3/q-1/t34?,37?,39?,41-/m0/s1. The van der Waals surface area contributed by atoms with E-state index in [4.69, 9.17) is 6.42 Å². The van der Waals surface area contributed by atoms with Gasteiger partial charge < -0.3 is 0 Å². The Morgan fingerprint density at radius 1 is 1.08 bits per heavy atom. The van der Waals surface area contributed by atoms with Crippen molar-refractivity contribution < 1.29 is 46.1 Å². The number of hydrogen-bond acceptors (Lipinski definition) is 7. The SMILES string of the molecule is C#CCC(=NC(=O)C(CC(=O)N(C)CCc1cc2ccccc2cn1)[I-]C1=CCCC=C1)[C@H](O)N=C(CC1CCCCC1)C(O)C(O)CC(C)C. The minimum atomic E-state index is -1.56. The van der Waals surface area contributed by atoms with Gasteiger partial charge in [0.1, 0.15) is 0 Å². The molecule has 276 valence electrons. The van der Waals surface area contributed by atoms with Crippen LogP contribution in [0.5, 0.6) is 0 Å². The van der Waals surface area contributed by atoms with Gasteiger partial charge in [0, 0.05) is 0 Å². The van der Waals surface area contributed by atoms with E-state index in [1.807, 2.05) is 56.5 Å². The quantitative estimate of drug-likeness (QED) is 0.0975. The fourth-order valence-electron chi connectivity index (χ4n) is 6.48. The second-order valence-electron chi connectivity index (χ2n) is 14.1. The number of hydrogen-bond donors (Lipinski definition) is 3. The Labute approximate surface area is 313 Å². The van der Waals surface area contributed by atoms with Crippen molar-refractivity contribution in [3.05, 3.63) is 64.0 Å². The molecule has 1 aromatic heterocycles. The van der Waals surface area contributed by atoms with Crippen molar-refractivity contribution in [3.8, 4) is 12.3 Å². The normalized spacial score (nSPS) is 18.3. The summed E-state index contributed by atoms with van der Waals surface area (Å²) in [5.74, 6) is 2.25. The van der Waals surface area contributed by atoms with Crippen LogP contribution in [0.1, 0.15) is 90.2 Å². The molecular weight excluding hydrogens is 755 g/mol. The number of halogens is 1. The first-order valence-electron chi connectivity index (χ1n) is 18.3. The number of aromatic nitrogens is 1. The minimum absolute atomic E-state index is 0.000417. The molecule has 0 bridgehead atoms. The van der Waals surface area contributed by atoms with Crippen LogP contribution in [-0.2, 0) is 16.0 Å². The number of fused-ring (bicyclic) bond motifs is 1. The van der Waals surface area contributed by atoms with Gasteiger partial charge in [-0.3, -0.25) is 0 Å². The molecule has 3 N–H and O–H groups in total. The number of allylic oxidation sites excluding steroid dienone is 4. The predicted molar refractivity (Wildman–Crippen MR) is 200 cm³/mol. The zero-order valence-corrected chi connectivity index (χ0v) is 32.4. The van der Waals surface area contributed by atoms with Gasteiger partial charge in [0.2, 0.25) is 0 Å². The van der Waals surface area contributed by atoms with Crippen LogP contribution in [0.3, 0.4) is 0 Å². The van der Waals surface area contributed by atoms with Crippen LogP contribution in [0.4, 0.5) is 0 Å². The van der Waals surface area contributed by atoms with Gasteiger partial charge in [0.25, 0.3) is 0 Å². The first kappa shape index (κ1) is 40.5. The van der Waals surface area contributed by atoms with Gasteiger partial charge in [-0.25, -0.2) is 0 Å². The predicted octanol–water partition coefficient (Wildman–Crippen LogP) is 2.81. The van der Waals surface area contributed by atoms with Crippen LogP contribution in [0, 0.1) is 24.2 Å². The van der Waals surface area contributed by atoms with E-state index in [2.05, 4.69) is 33.0 Å². The van der Waals surface area contributed by atoms with Crippen molar-refractivity contribution in [2.45, 2.75) is 113 Å². The first-order chi connectivity index (χ1) is 24.5. The molecule has 3 unspecified atom stereocenters. The Morgan fingerprint density at radius 3 is 2.51 bits per heavy atom. The van der Waals surface area contributed by atoms with Crippen LogP contribution < -0.4 is 21.2 Å². The summed E-state index contributed by atoms with van der Waals surface area (Å²) >= 11 is -0.940. The number of aliphatic hydroxyl groups excluding tert-OH is 3. The number of carbonyl (C=O) groups is 2. The Morgan fingerprint density at radius 2 is 1.82 bits per heavy atom. The van der Waals surface area contributed by atoms with Gasteiger partial charge >= 0.3 is 315 Å². The molecule has 1 fully saturated rings. The molecule has 2 amide bonds. The van der Waals surface area contributed by atoms with E-state index >= 15 is 0 Å². The van der Waals surface area contributed by atoms with E-state index in [0.29, 0.717) is 31.5 Å². The number of benzene rings is 1. The van der Waals surface area contributed by atoms with Crippen LogP contribution >= 0.6 is 0 Å². The average Bonchev–Trinajstić information content (AvgIpc) is 3.13. The third-order valence-electron chi connectivity index (χ3n) is 9.41. The summed E-state index contributed by atoms with van der Waals surface area (Å²) in [5, 5.41) is 35.5. The average molecular weight is 810 g/mol. The molecular formula is C41H54IN4O5-. The number of pyridine rings is 1. The van der Waals surface area contributed by atoms with E-state index in [1.165, 1.54) is 6.42 Å². The number of terminal acetylenes is 1. The van der Waals surface area contributed by atoms with Crippen LogP contribution in [0.15, 0.2) is 68.3 Å². The number of aliphatic hydroxyl groups is 3. The summed E-state index contributed by atoms with van der Waals surface area (Å²) in [4.78, 5) is 42.5. The summed E-state index contributed by atoms with van der Waals surface area (Å²) in [6.07, 6.45) is 18.3. The topological polar surface area (TPSA) is 136 Å². The second kappa shape index (κ2) is 20.7. The van der Waals surface area contributed by atoms with E-state index in [-0.39, 0.29) is 36.3 Å². The van der Waals surface area contributed by atoms with Crippen LogP contribution in [-0.4, -0.2) is 84.4 Å². The zero-order chi connectivity index (χ0) is 36.8. The van der Waals surface area contributed by atoms with Crippen molar-refractivity contribution >= 4 is 34.0 Å². The fraction of sp³-hybridized carbons (Fsp3) is 0.537. The number of nitrogens with zero attached hydrogens (tertiary/aromatic N) is 4. The molecule has 2 aliphatic rings. The summed E-state index contributed by atoms with van der Waals surface area (Å²) in [6, 6.07) is 10.0. The van der Waals surface area contributed by atoms with E-state index in [9.17, 15) is 24.9 Å². The Kier molecular flexibility index (Phi) is 16.5. The second-order valence-corrected chi connectivity index (χ2v) is 17.5. The Hall–Kier alpha value is -3.24. The first-order valence-corrected chi connectivity index (χ1v) is 20.6. The maximum absolute atomic E-state index is 13.9. The third-order valence-corrected chi connectivity index (χ3v) is 12.7. The van der Waals surface area contributed by atoms with Crippen molar-refractivity contribution in [1.29, 1.82) is 0 Å². The summed E-state index contributed by atoms with van der Waals surface area (Å²) in [7, 11) is 1.74. The summed E-state index contributed by atoms with van der Waals surface area (Å²) < 4.78 is 0.397. The van der Waals surface area contributed by atoms with Gasteiger partial charge in [-0.2, -0.15) is 0 Å². The van der Waals surface area contributed by atoms with Crippen LogP contribution in [0.2, 0.25) is 0 Å². The van der Waals surface area contributed by atoms with Crippen molar-refractivity contribution in [3.63, 3.8) is 0 Å². The van der Waals surface area contributed by atoms with E-state index < -0.39 is 49.5 Å². The van der Waals surface area contributed by atoms with Crippen molar-refractivity contribution in [2.75, 3.05) is 13.6 Å². The van der Waals surface area contributed by atoms with E-state index in [1.54, 1.807) is 11.9 Å². The zero-order valence-electron chi connectivity index (χ0n) is 30.3. The molecule has 0 spiro atoms. The van der Waals surface area contributed by atoms with Gasteiger partial charge in [0.15, 0.2) is 0 Å². The summed E-state index contributed by atoms with van der Waals surface area (Å²) in [6.45, 7) is 4.38. The van der Waals surface area contributed by atoms with Crippen molar-refractivity contribution in [2.24, 2.45) is 21.8 Å². The van der Waals surface area contributed by atoms with Crippen molar-refractivity contribution in [1.82, 2.24) is 9.88 Å². The van der Waals surface area contributed by atoms with Crippen LogP contribution in [0.25, 0.3) is 10.8 Å². The molecule has 1 saturated carbocycles. The third kappa shape index (κ3) is 13.0. The number of carbonyl (C=O) groups excluding carboxylic acids is 2. The maximum atomic E-state index is 13.9. The monoisotopic (exact) mass is 809 g/mol. The molecule has 2 aromatic rings. The number of aliphatic imine (C=N–C) groups is 2. The molecule has 9 nitrogen and oxygen atoms in total. The van der Waals surface area contributed by atoms with Gasteiger partial charge in [-0.15, -0.1) is 0 Å². The fourth-order valence-corrected chi connectivity index (χ4v) is 9.37. The Bertz CT molecular complexity index is 1640. The number of amides is 2. The van der Waals surface area contributed by atoms with Gasteiger partial charge in [0.05, 0.1) is 0 Å². The van der Waals surface area contributed by atoms with Gasteiger partial charge in [-0.1, -0.05) is 0 Å².